The molecule has 2 N–H and O–H groups in total. The fourth-order valence-corrected chi connectivity index (χ4v) is 3.71. The molecular formula is C17H25N3. The van der Waals surface area contributed by atoms with Crippen molar-refractivity contribution in [3.63, 3.8) is 0 Å². The number of fused-ring (bicyclic) bond motifs is 1. The van der Waals surface area contributed by atoms with Crippen LogP contribution in [-0.2, 0) is 12.5 Å². The lowest BCUT2D eigenvalue weighted by Gasteiger charge is -2.30. The molecule has 2 aromatic rings. The van der Waals surface area contributed by atoms with Crippen LogP contribution in [0.1, 0.15) is 49.9 Å². The first-order valence-corrected chi connectivity index (χ1v) is 7.80. The Hall–Kier alpha value is -1.35. The standard InChI is InChI=1S/C17H25N3/c1-13-7-8-15-14(11-13)19-16(20(15)2)17(12-18)9-5-3-4-6-10-17/h7-8,11H,3-6,9-10,12,18H2,1-2H3. The maximum atomic E-state index is 6.21. The van der Waals surface area contributed by atoms with Crippen LogP contribution < -0.4 is 5.73 Å². The van der Waals surface area contributed by atoms with Crippen molar-refractivity contribution in [3.05, 3.63) is 29.6 Å². The molecule has 20 heavy (non-hydrogen) atoms. The summed E-state index contributed by atoms with van der Waals surface area (Å²) in [5, 5.41) is 0. The van der Waals surface area contributed by atoms with Crippen molar-refractivity contribution in [1.82, 2.24) is 9.55 Å². The summed E-state index contributed by atoms with van der Waals surface area (Å²) in [5.41, 5.74) is 9.89. The molecule has 3 rings (SSSR count). The van der Waals surface area contributed by atoms with E-state index in [-0.39, 0.29) is 5.41 Å². The first kappa shape index (κ1) is 13.6. The number of aromatic nitrogens is 2. The number of hydrogen-bond acceptors (Lipinski definition) is 2. The van der Waals surface area contributed by atoms with E-state index in [2.05, 4.69) is 36.7 Å². The van der Waals surface area contributed by atoms with Gasteiger partial charge in [0.05, 0.1) is 11.0 Å². The van der Waals surface area contributed by atoms with Crippen LogP contribution in [0.4, 0.5) is 0 Å². The third-order valence-corrected chi connectivity index (χ3v) is 4.96. The number of rotatable bonds is 2. The van der Waals surface area contributed by atoms with Gasteiger partial charge in [-0.2, -0.15) is 0 Å². The highest BCUT2D eigenvalue weighted by Gasteiger charge is 2.35. The molecule has 0 amide bonds. The fraction of sp³-hybridized carbons (Fsp3) is 0.588. The van der Waals surface area contributed by atoms with E-state index in [4.69, 9.17) is 10.7 Å². The molecule has 1 aromatic heterocycles. The van der Waals surface area contributed by atoms with Crippen LogP contribution in [0.25, 0.3) is 11.0 Å². The van der Waals surface area contributed by atoms with Gasteiger partial charge in [0.15, 0.2) is 0 Å². The van der Waals surface area contributed by atoms with Gasteiger partial charge in [-0.1, -0.05) is 31.7 Å². The van der Waals surface area contributed by atoms with Gasteiger partial charge < -0.3 is 10.3 Å². The molecule has 0 saturated heterocycles. The normalized spacial score (nSPS) is 19.1. The van der Waals surface area contributed by atoms with E-state index in [1.165, 1.54) is 55.4 Å². The van der Waals surface area contributed by atoms with Gasteiger partial charge >= 0.3 is 0 Å². The predicted octanol–water partition coefficient (Wildman–Crippen LogP) is 3.43. The van der Waals surface area contributed by atoms with Crippen LogP contribution in [0, 0.1) is 6.92 Å². The predicted molar refractivity (Wildman–Crippen MR) is 83.9 cm³/mol. The molecule has 0 spiro atoms. The first-order valence-electron chi connectivity index (χ1n) is 7.80. The lowest BCUT2D eigenvalue weighted by Crippen LogP contribution is -2.37. The summed E-state index contributed by atoms with van der Waals surface area (Å²) in [5.74, 6) is 1.20. The molecule has 1 fully saturated rings. The Labute approximate surface area is 121 Å². The summed E-state index contributed by atoms with van der Waals surface area (Å²) < 4.78 is 2.27. The van der Waals surface area contributed by atoms with Crippen molar-refractivity contribution < 1.29 is 0 Å². The Balaban J connectivity index is 2.13. The Morgan fingerprint density at radius 2 is 1.90 bits per heavy atom. The monoisotopic (exact) mass is 271 g/mol. The number of nitrogens with zero attached hydrogens (tertiary/aromatic N) is 2. The topological polar surface area (TPSA) is 43.8 Å². The molecule has 0 aliphatic heterocycles. The zero-order valence-electron chi connectivity index (χ0n) is 12.7. The van der Waals surface area contributed by atoms with Crippen molar-refractivity contribution in [2.75, 3.05) is 6.54 Å². The molecule has 108 valence electrons. The van der Waals surface area contributed by atoms with E-state index < -0.39 is 0 Å². The van der Waals surface area contributed by atoms with Gasteiger partial charge in [0.25, 0.3) is 0 Å². The largest absolute Gasteiger partial charge is 0.331 e. The van der Waals surface area contributed by atoms with Crippen LogP contribution in [0.15, 0.2) is 18.2 Å². The summed E-state index contributed by atoms with van der Waals surface area (Å²) in [7, 11) is 2.14. The minimum absolute atomic E-state index is 0.0815. The van der Waals surface area contributed by atoms with Crippen molar-refractivity contribution in [2.45, 2.75) is 50.9 Å². The number of hydrogen-bond donors (Lipinski definition) is 1. The van der Waals surface area contributed by atoms with Gasteiger partial charge in [0, 0.05) is 19.0 Å². The van der Waals surface area contributed by atoms with E-state index in [0.29, 0.717) is 6.54 Å². The van der Waals surface area contributed by atoms with Gasteiger partial charge in [-0.05, 0) is 37.5 Å². The van der Waals surface area contributed by atoms with Gasteiger partial charge in [-0.15, -0.1) is 0 Å². The fourth-order valence-electron chi connectivity index (χ4n) is 3.71. The van der Waals surface area contributed by atoms with Crippen molar-refractivity contribution in [1.29, 1.82) is 0 Å². The van der Waals surface area contributed by atoms with Gasteiger partial charge in [0.2, 0.25) is 0 Å². The lowest BCUT2D eigenvalue weighted by atomic mass is 9.79. The minimum atomic E-state index is 0.0815. The van der Waals surface area contributed by atoms with Crippen molar-refractivity contribution in [3.8, 4) is 0 Å². The molecule has 3 heteroatoms. The third kappa shape index (κ3) is 2.14. The van der Waals surface area contributed by atoms with E-state index >= 15 is 0 Å². The Morgan fingerprint density at radius 1 is 1.20 bits per heavy atom. The molecule has 1 aromatic carbocycles. The average molecular weight is 271 g/mol. The molecule has 1 heterocycles. The number of aryl methyl sites for hydroxylation is 2. The number of nitrogens with two attached hydrogens (primary N) is 1. The Morgan fingerprint density at radius 3 is 2.55 bits per heavy atom. The second-order valence-corrected chi connectivity index (χ2v) is 6.39. The summed E-state index contributed by atoms with van der Waals surface area (Å²) in [6.07, 6.45) is 7.59. The highest BCUT2D eigenvalue weighted by atomic mass is 15.1. The summed E-state index contributed by atoms with van der Waals surface area (Å²) in [4.78, 5) is 4.96. The van der Waals surface area contributed by atoms with Crippen LogP contribution in [0.3, 0.4) is 0 Å². The third-order valence-electron chi connectivity index (χ3n) is 4.96. The Bertz CT molecular complexity index is 604. The van der Waals surface area contributed by atoms with Crippen molar-refractivity contribution >= 4 is 11.0 Å². The van der Waals surface area contributed by atoms with Crippen LogP contribution in [-0.4, -0.2) is 16.1 Å². The van der Waals surface area contributed by atoms with Crippen molar-refractivity contribution in [2.24, 2.45) is 12.8 Å². The quantitative estimate of drug-likeness (QED) is 0.850. The maximum absolute atomic E-state index is 6.21. The SMILES string of the molecule is Cc1ccc2c(c1)nc(C1(CN)CCCCCC1)n2C. The molecule has 0 atom stereocenters. The molecule has 0 radical (unpaired) electrons. The van der Waals surface area contributed by atoms with Gasteiger partial charge in [-0.3, -0.25) is 0 Å². The summed E-state index contributed by atoms with van der Waals surface area (Å²) in [6, 6.07) is 6.53. The van der Waals surface area contributed by atoms with E-state index in [1.54, 1.807) is 0 Å². The second kappa shape index (κ2) is 5.21. The number of imidazole rings is 1. The maximum Gasteiger partial charge on any atom is 0.117 e. The molecule has 3 nitrogen and oxygen atoms in total. The summed E-state index contributed by atoms with van der Waals surface area (Å²) >= 11 is 0. The smallest absolute Gasteiger partial charge is 0.117 e. The molecule has 1 aliphatic rings. The first-order chi connectivity index (χ1) is 9.66. The highest BCUT2D eigenvalue weighted by Crippen LogP contribution is 2.38. The molecular weight excluding hydrogens is 246 g/mol. The number of benzene rings is 1. The second-order valence-electron chi connectivity index (χ2n) is 6.39. The minimum Gasteiger partial charge on any atom is -0.331 e. The van der Waals surface area contributed by atoms with E-state index in [9.17, 15) is 0 Å². The molecule has 1 aliphatic carbocycles. The average Bonchev–Trinajstić information content (AvgIpc) is 2.65. The van der Waals surface area contributed by atoms with Crippen LogP contribution >= 0.6 is 0 Å². The molecule has 1 saturated carbocycles. The molecule has 0 unspecified atom stereocenters. The van der Waals surface area contributed by atoms with E-state index in [1.807, 2.05) is 0 Å². The zero-order chi connectivity index (χ0) is 14.2. The van der Waals surface area contributed by atoms with Crippen LogP contribution in [0.5, 0.6) is 0 Å². The zero-order valence-corrected chi connectivity index (χ0v) is 12.7. The summed E-state index contributed by atoms with van der Waals surface area (Å²) in [6.45, 7) is 2.83. The van der Waals surface area contributed by atoms with E-state index in [0.717, 1.165) is 5.52 Å². The van der Waals surface area contributed by atoms with Gasteiger partial charge in [0.1, 0.15) is 5.82 Å². The highest BCUT2D eigenvalue weighted by molar-refractivity contribution is 5.77. The Kier molecular flexibility index (Phi) is 3.55. The lowest BCUT2D eigenvalue weighted by molar-refractivity contribution is 0.351. The molecule has 0 bridgehead atoms. The van der Waals surface area contributed by atoms with Crippen LogP contribution in [0.2, 0.25) is 0 Å². The van der Waals surface area contributed by atoms with Gasteiger partial charge in [-0.25, -0.2) is 4.98 Å².